The molecule has 7 nitrogen and oxygen atoms in total. The number of rotatable bonds is 4. The summed E-state index contributed by atoms with van der Waals surface area (Å²) in [4.78, 5) is 18.4. The van der Waals surface area contributed by atoms with E-state index in [0.29, 0.717) is 23.1 Å². The molecule has 7 heteroatoms. The lowest BCUT2D eigenvalue weighted by molar-refractivity contribution is 0.564. The van der Waals surface area contributed by atoms with Crippen LogP contribution in [0.15, 0.2) is 53.3 Å². The number of aromatic nitrogens is 6. The molecule has 0 atom stereocenters. The van der Waals surface area contributed by atoms with Gasteiger partial charge in [-0.2, -0.15) is 4.80 Å². The second kappa shape index (κ2) is 6.75. The number of hydrogen-bond donors (Lipinski definition) is 0. The minimum absolute atomic E-state index is 0.113. The van der Waals surface area contributed by atoms with Gasteiger partial charge >= 0.3 is 0 Å². The molecule has 136 valence electrons. The van der Waals surface area contributed by atoms with E-state index in [0.717, 1.165) is 11.3 Å². The van der Waals surface area contributed by atoms with Crippen molar-refractivity contribution < 1.29 is 0 Å². The molecule has 0 saturated heterocycles. The van der Waals surface area contributed by atoms with Gasteiger partial charge in [-0.15, -0.1) is 10.2 Å². The van der Waals surface area contributed by atoms with Crippen molar-refractivity contribution in [1.29, 1.82) is 0 Å². The fraction of sp³-hybridized carbons (Fsp3) is 0.250. The average molecular weight is 360 g/mol. The Balaban J connectivity index is 1.61. The highest BCUT2D eigenvalue weighted by Gasteiger charge is 2.10. The zero-order valence-corrected chi connectivity index (χ0v) is 15.5. The first-order chi connectivity index (χ1) is 13.0. The monoisotopic (exact) mass is 360 g/mol. The molecule has 0 aliphatic carbocycles. The Morgan fingerprint density at radius 1 is 1.07 bits per heavy atom. The zero-order valence-electron chi connectivity index (χ0n) is 15.5. The molecule has 0 N–H and O–H groups in total. The van der Waals surface area contributed by atoms with E-state index in [1.165, 1.54) is 16.4 Å². The topological polar surface area (TPSA) is 78.0 Å². The van der Waals surface area contributed by atoms with E-state index in [9.17, 15) is 4.79 Å². The van der Waals surface area contributed by atoms with Gasteiger partial charge in [0.2, 0.25) is 5.82 Å². The van der Waals surface area contributed by atoms with Crippen LogP contribution in [0.5, 0.6) is 0 Å². The number of aryl methyl sites for hydroxylation is 1. The van der Waals surface area contributed by atoms with Crippen molar-refractivity contribution in [2.75, 3.05) is 0 Å². The molecular formula is C20H20N6O. The second-order valence-electron chi connectivity index (χ2n) is 6.87. The number of benzene rings is 1. The molecule has 0 aliphatic rings. The minimum atomic E-state index is -0.113. The first kappa shape index (κ1) is 17.1. The molecule has 1 aromatic carbocycles. The van der Waals surface area contributed by atoms with Gasteiger partial charge in [0, 0.05) is 17.3 Å². The molecule has 0 aliphatic heterocycles. The zero-order chi connectivity index (χ0) is 19.0. The van der Waals surface area contributed by atoms with E-state index in [2.05, 4.69) is 46.4 Å². The van der Waals surface area contributed by atoms with Crippen molar-refractivity contribution in [2.24, 2.45) is 0 Å². The Kier molecular flexibility index (Phi) is 4.27. The van der Waals surface area contributed by atoms with Crippen LogP contribution in [-0.2, 0) is 6.54 Å². The predicted molar refractivity (Wildman–Crippen MR) is 103 cm³/mol. The van der Waals surface area contributed by atoms with Crippen molar-refractivity contribution in [3.05, 3.63) is 75.8 Å². The van der Waals surface area contributed by atoms with E-state index in [4.69, 9.17) is 0 Å². The lowest BCUT2D eigenvalue weighted by atomic mass is 10.0. The lowest BCUT2D eigenvalue weighted by Gasteiger charge is -2.06. The average Bonchev–Trinajstić information content (AvgIpc) is 3.10. The number of nitrogens with zero attached hydrogens (tertiary/aromatic N) is 6. The van der Waals surface area contributed by atoms with Crippen LogP contribution in [0.25, 0.3) is 17.0 Å². The van der Waals surface area contributed by atoms with Crippen molar-refractivity contribution in [2.45, 2.75) is 33.2 Å². The maximum atomic E-state index is 12.4. The molecule has 0 saturated carbocycles. The summed E-state index contributed by atoms with van der Waals surface area (Å²) in [6, 6.07) is 15.2. The van der Waals surface area contributed by atoms with Gasteiger partial charge in [-0.3, -0.25) is 9.20 Å². The molecule has 4 rings (SSSR count). The maximum absolute atomic E-state index is 12.4. The van der Waals surface area contributed by atoms with Crippen LogP contribution in [0.1, 0.15) is 36.7 Å². The summed E-state index contributed by atoms with van der Waals surface area (Å²) in [6.45, 7) is 6.48. The highest BCUT2D eigenvalue weighted by Crippen LogP contribution is 2.19. The SMILES string of the molecule is Cc1cccc2nc(Cn3nnc(-c4ccc(C(C)C)cc4)n3)cc(=O)n12. The summed E-state index contributed by atoms with van der Waals surface area (Å²) in [5.74, 6) is 1.03. The molecule has 4 aromatic rings. The first-order valence-electron chi connectivity index (χ1n) is 8.88. The molecule has 0 bridgehead atoms. The van der Waals surface area contributed by atoms with Crippen molar-refractivity contribution >= 4 is 5.65 Å². The van der Waals surface area contributed by atoms with Crippen LogP contribution in [0.4, 0.5) is 0 Å². The van der Waals surface area contributed by atoms with Crippen LogP contribution in [0.2, 0.25) is 0 Å². The van der Waals surface area contributed by atoms with Crippen LogP contribution in [0.3, 0.4) is 0 Å². The molecule has 3 heterocycles. The molecule has 0 amide bonds. The smallest absolute Gasteiger partial charge is 0.258 e. The Bertz CT molecular complexity index is 1160. The Morgan fingerprint density at radius 3 is 2.59 bits per heavy atom. The lowest BCUT2D eigenvalue weighted by Crippen LogP contribution is -2.19. The van der Waals surface area contributed by atoms with E-state index < -0.39 is 0 Å². The van der Waals surface area contributed by atoms with Crippen molar-refractivity contribution in [3.63, 3.8) is 0 Å². The van der Waals surface area contributed by atoms with Crippen LogP contribution < -0.4 is 5.56 Å². The summed E-state index contributed by atoms with van der Waals surface area (Å²) in [5.41, 5.74) is 4.13. The molecular weight excluding hydrogens is 340 g/mol. The molecule has 0 spiro atoms. The van der Waals surface area contributed by atoms with E-state index in [1.807, 2.05) is 37.3 Å². The standard InChI is InChI=1S/C20H20N6O/c1-13(2)15-7-9-16(10-8-15)20-22-24-25(23-20)12-17-11-19(27)26-14(3)5-4-6-18(26)21-17/h4-11,13H,12H2,1-3H3. The fourth-order valence-electron chi connectivity index (χ4n) is 3.03. The molecule has 3 aromatic heterocycles. The summed E-state index contributed by atoms with van der Waals surface area (Å²) >= 11 is 0. The largest absolute Gasteiger partial charge is 0.269 e. The van der Waals surface area contributed by atoms with Gasteiger partial charge in [-0.05, 0) is 35.8 Å². The van der Waals surface area contributed by atoms with Gasteiger partial charge in [-0.25, -0.2) is 4.98 Å². The Hall–Kier alpha value is -3.35. The number of pyridine rings is 1. The summed E-state index contributed by atoms with van der Waals surface area (Å²) in [5, 5.41) is 12.6. The van der Waals surface area contributed by atoms with Gasteiger partial charge in [0.25, 0.3) is 5.56 Å². The van der Waals surface area contributed by atoms with Gasteiger partial charge in [-0.1, -0.05) is 44.2 Å². The molecule has 27 heavy (non-hydrogen) atoms. The van der Waals surface area contributed by atoms with Crippen molar-refractivity contribution in [1.82, 2.24) is 29.6 Å². The maximum Gasteiger partial charge on any atom is 0.258 e. The van der Waals surface area contributed by atoms with Crippen LogP contribution in [0, 0.1) is 6.92 Å². The number of tetrazole rings is 1. The summed E-state index contributed by atoms with van der Waals surface area (Å²) < 4.78 is 1.58. The van der Waals surface area contributed by atoms with Crippen molar-refractivity contribution in [3.8, 4) is 11.4 Å². The summed E-state index contributed by atoms with van der Waals surface area (Å²) in [6.07, 6.45) is 0. The van der Waals surface area contributed by atoms with Crippen LogP contribution >= 0.6 is 0 Å². The van der Waals surface area contributed by atoms with Gasteiger partial charge in [0.05, 0.1) is 5.69 Å². The third-order valence-corrected chi connectivity index (χ3v) is 4.52. The predicted octanol–water partition coefficient (Wildman–Crippen LogP) is 2.83. The normalized spacial score (nSPS) is 11.4. The minimum Gasteiger partial charge on any atom is -0.269 e. The third kappa shape index (κ3) is 3.36. The number of fused-ring (bicyclic) bond motifs is 1. The highest BCUT2D eigenvalue weighted by molar-refractivity contribution is 5.54. The molecule has 0 fully saturated rings. The Labute approximate surface area is 156 Å². The van der Waals surface area contributed by atoms with Crippen LogP contribution in [-0.4, -0.2) is 29.6 Å². The van der Waals surface area contributed by atoms with E-state index in [-0.39, 0.29) is 12.1 Å². The van der Waals surface area contributed by atoms with Gasteiger partial charge < -0.3 is 0 Å². The number of hydrogen-bond acceptors (Lipinski definition) is 5. The van der Waals surface area contributed by atoms with E-state index >= 15 is 0 Å². The first-order valence-corrected chi connectivity index (χ1v) is 8.88. The quantitative estimate of drug-likeness (QED) is 0.559. The molecule has 0 unspecified atom stereocenters. The summed E-state index contributed by atoms with van der Waals surface area (Å²) in [7, 11) is 0. The fourth-order valence-corrected chi connectivity index (χ4v) is 3.03. The molecule has 0 radical (unpaired) electrons. The van der Waals surface area contributed by atoms with Gasteiger partial charge in [0.1, 0.15) is 12.2 Å². The third-order valence-electron chi connectivity index (χ3n) is 4.52. The van der Waals surface area contributed by atoms with Gasteiger partial charge in [0.15, 0.2) is 0 Å². The highest BCUT2D eigenvalue weighted by atomic mass is 16.1. The van der Waals surface area contributed by atoms with E-state index in [1.54, 1.807) is 4.40 Å². The Morgan fingerprint density at radius 2 is 1.85 bits per heavy atom. The second-order valence-corrected chi connectivity index (χ2v) is 6.87.